The maximum atomic E-state index is 14.8. The second-order valence-corrected chi connectivity index (χ2v) is 21.6. The highest BCUT2D eigenvalue weighted by Gasteiger charge is 2.64. The Labute approximate surface area is 350 Å². The van der Waals surface area contributed by atoms with Crippen molar-refractivity contribution in [1.82, 2.24) is 29.8 Å². The number of imidazole rings is 1. The van der Waals surface area contributed by atoms with E-state index in [1.807, 2.05) is 44.4 Å². The second-order valence-electron chi connectivity index (χ2n) is 19.6. The molecule has 15 heteroatoms. The van der Waals surface area contributed by atoms with Crippen LogP contribution in [-0.4, -0.2) is 87.3 Å². The molecule has 1 saturated heterocycles. The number of benzene rings is 1. The Hall–Kier alpha value is -4.14. The van der Waals surface area contributed by atoms with Crippen molar-refractivity contribution in [3.63, 3.8) is 0 Å². The van der Waals surface area contributed by atoms with Gasteiger partial charge in [0.1, 0.15) is 29.3 Å². The summed E-state index contributed by atoms with van der Waals surface area (Å²) in [6.07, 6.45) is 10.2. The van der Waals surface area contributed by atoms with Gasteiger partial charge in [-0.25, -0.2) is 13.2 Å². The van der Waals surface area contributed by atoms with E-state index in [-0.39, 0.29) is 31.3 Å². The van der Waals surface area contributed by atoms with Gasteiger partial charge in [0.2, 0.25) is 21.8 Å². The van der Waals surface area contributed by atoms with Gasteiger partial charge in [-0.1, -0.05) is 58.4 Å². The van der Waals surface area contributed by atoms with Gasteiger partial charge in [-0.15, -0.1) is 0 Å². The molecule has 4 amide bonds. The lowest BCUT2D eigenvalue weighted by Gasteiger charge is -2.36. The number of hydrogen-bond acceptors (Lipinski definition) is 9. The van der Waals surface area contributed by atoms with Gasteiger partial charge >= 0.3 is 6.09 Å². The molecule has 14 nitrogen and oxygen atoms in total. The number of sulfonamides is 1. The van der Waals surface area contributed by atoms with Crippen LogP contribution in [0, 0.1) is 11.3 Å². The summed E-state index contributed by atoms with van der Waals surface area (Å²) in [5.74, 6) is -2.15. The minimum Gasteiger partial charge on any atom is -0.459 e. The standard InChI is InChI=1S/C44H66N6O8S/c1-10-30-26-44(30)38(53)48-59(55,56)43(23-24-43)22-17-15-13-11-12-14-16-19-29-20-18-21-32-34(29)45-39(50(32)28(2)3)57-31-25-33(36(51)47-44)49(27-31)37(52)35(41(4,5)6)46-40(54)58-42(7,8)9/h11,13,18,20-21,28,30-31,33,35H,10,12,14-17,19,22-27H2,1-9H3,(H,46,54)(H,47,51)(H,48,53)/t30-,31-,33+,35-,44-/m1/s1. The van der Waals surface area contributed by atoms with Crippen LogP contribution in [0.25, 0.3) is 11.0 Å². The predicted molar refractivity (Wildman–Crippen MR) is 226 cm³/mol. The molecule has 1 aromatic carbocycles. The van der Waals surface area contributed by atoms with Gasteiger partial charge in [-0.05, 0) is 122 Å². The summed E-state index contributed by atoms with van der Waals surface area (Å²) in [6.45, 7) is 16.6. The molecular weight excluding hydrogens is 773 g/mol. The van der Waals surface area contributed by atoms with E-state index in [2.05, 4.69) is 47.4 Å². The number of alkyl carbamates (subject to hydrolysis) is 1. The Morgan fingerprint density at radius 3 is 2.34 bits per heavy atom. The van der Waals surface area contributed by atoms with Crippen molar-refractivity contribution in [2.75, 3.05) is 6.54 Å². The van der Waals surface area contributed by atoms with E-state index in [1.165, 1.54) is 4.90 Å². The fourth-order valence-corrected chi connectivity index (χ4v) is 10.5. The van der Waals surface area contributed by atoms with Crippen molar-refractivity contribution in [1.29, 1.82) is 0 Å². The summed E-state index contributed by atoms with van der Waals surface area (Å²) in [4.78, 5) is 63.1. The van der Waals surface area contributed by atoms with Gasteiger partial charge in [0.25, 0.3) is 11.9 Å². The van der Waals surface area contributed by atoms with Crippen LogP contribution in [0.3, 0.4) is 0 Å². The maximum absolute atomic E-state index is 14.8. The van der Waals surface area contributed by atoms with E-state index in [1.54, 1.807) is 20.8 Å². The molecule has 2 saturated carbocycles. The molecule has 4 aliphatic rings. The highest BCUT2D eigenvalue weighted by Crippen LogP contribution is 2.50. The number of rotatable bonds is 4. The highest BCUT2D eigenvalue weighted by atomic mass is 32.2. The van der Waals surface area contributed by atoms with E-state index in [4.69, 9.17) is 14.5 Å². The number of hydrogen-bond donors (Lipinski definition) is 3. The molecule has 2 aliphatic carbocycles. The Kier molecular flexibility index (Phi) is 12.6. The van der Waals surface area contributed by atoms with Gasteiger partial charge in [0.15, 0.2) is 0 Å². The Morgan fingerprint density at radius 2 is 1.73 bits per heavy atom. The number of carbonyl (C=O) groups is 4. The molecule has 1 aromatic heterocycles. The first-order valence-electron chi connectivity index (χ1n) is 21.6. The summed E-state index contributed by atoms with van der Waals surface area (Å²) in [5, 5.41) is 5.72. The van der Waals surface area contributed by atoms with Crippen molar-refractivity contribution in [2.24, 2.45) is 11.3 Å². The van der Waals surface area contributed by atoms with E-state index < -0.39 is 73.3 Å². The lowest BCUT2D eigenvalue weighted by atomic mass is 9.85. The van der Waals surface area contributed by atoms with Gasteiger partial charge in [0.05, 0.1) is 22.3 Å². The van der Waals surface area contributed by atoms with E-state index in [0.29, 0.717) is 38.1 Å². The summed E-state index contributed by atoms with van der Waals surface area (Å²) in [5.41, 5.74) is -0.181. The van der Waals surface area contributed by atoms with Gasteiger partial charge in [-0.3, -0.25) is 23.7 Å². The third-order valence-corrected chi connectivity index (χ3v) is 14.6. The monoisotopic (exact) mass is 838 g/mol. The highest BCUT2D eigenvalue weighted by molar-refractivity contribution is 7.91. The van der Waals surface area contributed by atoms with E-state index >= 15 is 0 Å². The van der Waals surface area contributed by atoms with Crippen molar-refractivity contribution in [3.8, 4) is 6.01 Å². The van der Waals surface area contributed by atoms with Gasteiger partial charge < -0.3 is 25.0 Å². The van der Waals surface area contributed by atoms with E-state index in [9.17, 15) is 27.6 Å². The van der Waals surface area contributed by atoms with Gasteiger partial charge in [0, 0.05) is 12.5 Å². The molecule has 0 unspecified atom stereocenters. The number of ether oxygens (including phenoxy) is 2. The minimum atomic E-state index is -4.04. The van der Waals surface area contributed by atoms with Crippen LogP contribution in [0.5, 0.6) is 6.01 Å². The summed E-state index contributed by atoms with van der Waals surface area (Å²) in [6, 6.07) is 4.31. The van der Waals surface area contributed by atoms with Crippen LogP contribution in [0.2, 0.25) is 0 Å². The molecule has 6 rings (SSSR count). The summed E-state index contributed by atoms with van der Waals surface area (Å²) in [7, 11) is -4.04. The smallest absolute Gasteiger partial charge is 0.408 e. The lowest BCUT2D eigenvalue weighted by Crippen LogP contribution is -2.60. The first-order valence-corrected chi connectivity index (χ1v) is 23.1. The molecule has 3 N–H and O–H groups in total. The number of carbonyl (C=O) groups excluding carboxylic acids is 4. The van der Waals surface area contributed by atoms with Crippen molar-refractivity contribution in [3.05, 3.63) is 35.9 Å². The number of para-hydroxylation sites is 1. The Bertz CT molecular complexity index is 2060. The third-order valence-electron chi connectivity index (χ3n) is 12.4. The first kappa shape index (κ1) is 44.4. The molecule has 2 aliphatic heterocycles. The van der Waals surface area contributed by atoms with Crippen LogP contribution in [0.4, 0.5) is 4.79 Å². The number of aromatic nitrogens is 2. The minimum absolute atomic E-state index is 0.00548. The number of likely N-dealkylation sites (tertiary alicyclic amines) is 1. The number of allylic oxidation sites excluding steroid dienone is 2. The summed E-state index contributed by atoms with van der Waals surface area (Å²) < 4.78 is 43.3. The molecule has 5 atom stereocenters. The normalized spacial score (nSPS) is 26.9. The fraction of sp³-hybridized carbons (Fsp3) is 0.705. The van der Waals surface area contributed by atoms with Crippen molar-refractivity contribution < 1.29 is 37.1 Å². The average molecular weight is 839 g/mol. The molecule has 4 bridgehead atoms. The topological polar surface area (TPSA) is 178 Å². The van der Waals surface area contributed by atoms with E-state index in [0.717, 1.165) is 48.7 Å². The van der Waals surface area contributed by atoms with Crippen LogP contribution in [0.15, 0.2) is 30.4 Å². The zero-order chi connectivity index (χ0) is 43.1. The molecule has 0 radical (unpaired) electrons. The van der Waals surface area contributed by atoms with Crippen LogP contribution >= 0.6 is 0 Å². The van der Waals surface area contributed by atoms with Crippen molar-refractivity contribution in [2.45, 2.75) is 179 Å². The zero-order valence-corrected chi connectivity index (χ0v) is 37.3. The van der Waals surface area contributed by atoms with Crippen LogP contribution in [-0.2, 0) is 35.6 Å². The fourth-order valence-electron chi connectivity index (χ4n) is 8.78. The van der Waals surface area contributed by atoms with Crippen LogP contribution in [0.1, 0.15) is 145 Å². The summed E-state index contributed by atoms with van der Waals surface area (Å²) >= 11 is 0. The molecular formula is C44H66N6O8S. The number of nitrogens with one attached hydrogen (secondary N) is 3. The second kappa shape index (κ2) is 16.7. The number of fused-ring (bicyclic) bond motifs is 3. The number of nitrogens with zero attached hydrogens (tertiary/aromatic N) is 3. The Morgan fingerprint density at radius 1 is 1.03 bits per heavy atom. The predicted octanol–water partition coefficient (Wildman–Crippen LogP) is 6.62. The zero-order valence-electron chi connectivity index (χ0n) is 36.5. The molecule has 3 heterocycles. The number of amides is 4. The number of aryl methyl sites for hydroxylation is 1. The molecule has 2 spiro atoms. The van der Waals surface area contributed by atoms with Crippen molar-refractivity contribution >= 4 is 44.9 Å². The molecule has 59 heavy (non-hydrogen) atoms. The maximum Gasteiger partial charge on any atom is 0.408 e. The first-order chi connectivity index (χ1) is 27.6. The SMILES string of the molecule is CC[C@@H]1C[C@@]12NC(=O)[C@@H]1C[C@H](CN1C(=O)[C@@H](NC(=O)OC(C)(C)C)C(C)(C)C)Oc1nc3c(cccc3n1C(C)C)CCCCC=CCCCC1(CC1)S(=O)(=O)NC2=O. The average Bonchev–Trinajstić information content (AvgIpc) is 3.99. The Balaban J connectivity index is 1.37. The van der Waals surface area contributed by atoms with Gasteiger partial charge in [-0.2, -0.15) is 4.98 Å². The molecule has 2 aromatic rings. The lowest BCUT2D eigenvalue weighted by molar-refractivity contribution is -0.143. The molecule has 326 valence electrons. The molecule has 3 fully saturated rings. The third kappa shape index (κ3) is 9.60. The largest absolute Gasteiger partial charge is 0.459 e. The van der Waals surface area contributed by atoms with Crippen LogP contribution < -0.4 is 20.1 Å². The quantitative estimate of drug-likeness (QED) is 0.286.